The van der Waals surface area contributed by atoms with Crippen molar-refractivity contribution in [2.75, 3.05) is 6.54 Å². The van der Waals surface area contributed by atoms with Gasteiger partial charge in [-0.3, -0.25) is 0 Å². The van der Waals surface area contributed by atoms with Crippen LogP contribution in [-0.2, 0) is 11.8 Å². The number of ether oxygens (including phenoxy) is 1. The van der Waals surface area contributed by atoms with Gasteiger partial charge in [0, 0.05) is 23.4 Å². The molecule has 0 aromatic heterocycles. The monoisotopic (exact) mass is 410 g/mol. The van der Waals surface area contributed by atoms with Crippen LogP contribution in [0.2, 0.25) is 18.1 Å². The predicted molar refractivity (Wildman–Crippen MR) is 113 cm³/mol. The lowest BCUT2D eigenvalue weighted by Gasteiger charge is -2.55. The van der Waals surface area contributed by atoms with Gasteiger partial charge < -0.3 is 19.2 Å². The molecule has 0 radical (unpaired) electrons. The first kappa shape index (κ1) is 19.0. The zero-order valence-electron chi connectivity index (χ0n) is 17.9. The first-order chi connectivity index (χ1) is 13.6. The fourth-order valence-corrected chi connectivity index (χ4v) is 6.70. The van der Waals surface area contributed by atoms with E-state index in [4.69, 9.17) is 9.16 Å². The van der Waals surface area contributed by atoms with Gasteiger partial charge in [-0.2, -0.15) is 5.26 Å². The Bertz CT molecular complexity index is 945. The van der Waals surface area contributed by atoms with Crippen molar-refractivity contribution in [3.8, 4) is 17.7 Å². The Morgan fingerprint density at radius 2 is 2.07 bits per heavy atom. The minimum absolute atomic E-state index is 0.0894. The Morgan fingerprint density at radius 3 is 2.76 bits per heavy atom. The number of benzene rings is 1. The van der Waals surface area contributed by atoms with E-state index in [0.717, 1.165) is 24.3 Å². The van der Waals surface area contributed by atoms with Gasteiger partial charge in [0.05, 0.1) is 6.04 Å². The SMILES string of the molecule is CC(C)(C)[Si](C)(C)Oc1ccc2c3c1O[C@H]1[C@@H](O)C=C[C@H]4[C@@H](C2)N(C#N)CC[C@@]341. The molecule has 0 unspecified atom stereocenters. The average Bonchev–Trinajstić information content (AvgIpc) is 2.99. The highest BCUT2D eigenvalue weighted by molar-refractivity contribution is 6.74. The summed E-state index contributed by atoms with van der Waals surface area (Å²) in [6.45, 7) is 11.9. The van der Waals surface area contributed by atoms with E-state index < -0.39 is 14.4 Å². The number of nitriles is 1. The maximum atomic E-state index is 10.8. The molecule has 1 aromatic carbocycles. The summed E-state index contributed by atoms with van der Waals surface area (Å²) in [6, 6.07) is 4.35. The third-order valence-electron chi connectivity index (χ3n) is 8.16. The molecular weight excluding hydrogens is 380 g/mol. The lowest BCUT2D eigenvalue weighted by Crippen LogP contribution is -2.64. The molecule has 1 aromatic rings. The summed E-state index contributed by atoms with van der Waals surface area (Å²) in [5, 5.41) is 20.6. The second kappa shape index (κ2) is 5.80. The lowest BCUT2D eigenvalue weighted by molar-refractivity contribution is -0.0387. The molecule has 0 amide bonds. The van der Waals surface area contributed by atoms with E-state index in [0.29, 0.717) is 6.54 Å². The van der Waals surface area contributed by atoms with Crippen LogP contribution in [0.1, 0.15) is 38.3 Å². The van der Waals surface area contributed by atoms with Gasteiger partial charge in [-0.15, -0.1) is 0 Å². The summed E-state index contributed by atoms with van der Waals surface area (Å²) in [5.74, 6) is 1.85. The van der Waals surface area contributed by atoms with Crippen LogP contribution in [0.4, 0.5) is 0 Å². The van der Waals surface area contributed by atoms with Crippen molar-refractivity contribution in [2.24, 2.45) is 5.92 Å². The number of aliphatic hydroxyl groups excluding tert-OH is 1. The second-order valence-electron chi connectivity index (χ2n) is 10.6. The quantitative estimate of drug-likeness (QED) is 0.457. The Labute approximate surface area is 174 Å². The van der Waals surface area contributed by atoms with Gasteiger partial charge in [-0.05, 0) is 42.6 Å². The number of likely N-dealkylation sites (tertiary alicyclic amines) is 1. The van der Waals surface area contributed by atoms with Crippen molar-refractivity contribution in [1.29, 1.82) is 5.26 Å². The van der Waals surface area contributed by atoms with Gasteiger partial charge in [0.1, 0.15) is 18.0 Å². The standard InChI is InChI=1S/C23H30N2O3Si/c1-22(2,3)29(4,5)28-18-9-6-14-12-16-15-7-8-17(26)21-23(15,10-11-25(16)13-24)19(14)20(18)27-21/h6-9,15-17,21,26H,10-12H2,1-5H3/t15-,16+,17-,21-,23-/m0/s1. The van der Waals surface area contributed by atoms with Gasteiger partial charge >= 0.3 is 0 Å². The molecule has 5 rings (SSSR count). The van der Waals surface area contributed by atoms with Gasteiger partial charge in [-0.1, -0.05) is 39.0 Å². The Morgan fingerprint density at radius 1 is 1.31 bits per heavy atom. The van der Waals surface area contributed by atoms with Crippen molar-refractivity contribution < 1.29 is 14.3 Å². The first-order valence-corrected chi connectivity index (χ1v) is 13.6. The molecule has 1 N–H and O–H groups in total. The molecule has 2 bridgehead atoms. The van der Waals surface area contributed by atoms with Gasteiger partial charge in [0.15, 0.2) is 11.9 Å². The molecule has 1 spiro atoms. The van der Waals surface area contributed by atoms with Crippen LogP contribution in [0, 0.1) is 17.4 Å². The molecule has 6 heteroatoms. The molecule has 5 atom stereocenters. The third-order valence-corrected chi connectivity index (χ3v) is 12.5. The topological polar surface area (TPSA) is 65.7 Å². The maximum absolute atomic E-state index is 10.8. The molecule has 2 heterocycles. The zero-order chi connectivity index (χ0) is 20.8. The van der Waals surface area contributed by atoms with E-state index in [-0.39, 0.29) is 28.5 Å². The average molecular weight is 411 g/mol. The predicted octanol–water partition coefficient (Wildman–Crippen LogP) is 3.73. The molecular formula is C23H30N2O3Si. The fourth-order valence-electron chi connectivity index (χ4n) is 5.68. The highest BCUT2D eigenvalue weighted by atomic mass is 28.4. The third kappa shape index (κ3) is 2.35. The Balaban J connectivity index is 1.67. The lowest BCUT2D eigenvalue weighted by atomic mass is 9.53. The number of rotatable bonds is 2. The molecule has 154 valence electrons. The summed E-state index contributed by atoms with van der Waals surface area (Å²) in [6.07, 6.45) is 7.11. The van der Waals surface area contributed by atoms with Crippen LogP contribution >= 0.6 is 0 Å². The Hall–Kier alpha value is -1.97. The van der Waals surface area contributed by atoms with Crippen molar-refractivity contribution in [1.82, 2.24) is 4.90 Å². The van der Waals surface area contributed by atoms with E-state index in [1.54, 1.807) is 0 Å². The molecule has 4 aliphatic rings. The van der Waals surface area contributed by atoms with E-state index in [9.17, 15) is 10.4 Å². The largest absolute Gasteiger partial charge is 0.541 e. The number of nitrogens with zero attached hydrogens (tertiary/aromatic N) is 2. The summed E-state index contributed by atoms with van der Waals surface area (Å²) in [5.41, 5.74) is 2.22. The van der Waals surface area contributed by atoms with Crippen molar-refractivity contribution in [2.45, 2.75) is 75.4 Å². The number of aliphatic hydroxyl groups is 1. The summed E-state index contributed by atoms with van der Waals surface area (Å²) >= 11 is 0. The molecule has 5 nitrogen and oxygen atoms in total. The second-order valence-corrected chi connectivity index (χ2v) is 15.3. The van der Waals surface area contributed by atoms with Gasteiger partial charge in [-0.25, -0.2) is 0 Å². The van der Waals surface area contributed by atoms with Gasteiger partial charge in [0.2, 0.25) is 0 Å². The van der Waals surface area contributed by atoms with Crippen molar-refractivity contribution in [3.05, 3.63) is 35.4 Å². The van der Waals surface area contributed by atoms with Crippen LogP contribution in [0.3, 0.4) is 0 Å². The number of piperidine rings is 1. The van der Waals surface area contributed by atoms with E-state index in [1.807, 2.05) is 11.0 Å². The van der Waals surface area contributed by atoms with Gasteiger partial charge in [0.25, 0.3) is 8.32 Å². The minimum Gasteiger partial charge on any atom is -0.541 e. The molecule has 2 aliphatic heterocycles. The summed E-state index contributed by atoms with van der Waals surface area (Å²) in [7, 11) is -2.03. The van der Waals surface area contributed by atoms with Crippen molar-refractivity contribution in [3.63, 3.8) is 0 Å². The summed E-state index contributed by atoms with van der Waals surface area (Å²) in [4.78, 5) is 1.93. The van der Waals surface area contributed by atoms with Crippen LogP contribution in [-0.4, -0.2) is 43.1 Å². The first-order valence-electron chi connectivity index (χ1n) is 10.6. The number of hydrogen-bond donors (Lipinski definition) is 1. The Kier molecular flexibility index (Phi) is 3.80. The molecule has 29 heavy (non-hydrogen) atoms. The molecule has 1 fully saturated rings. The van der Waals surface area contributed by atoms with Crippen LogP contribution in [0.5, 0.6) is 11.5 Å². The smallest absolute Gasteiger partial charge is 0.250 e. The fraction of sp³-hybridized carbons (Fsp3) is 0.609. The maximum Gasteiger partial charge on any atom is 0.250 e. The van der Waals surface area contributed by atoms with E-state index in [2.05, 4.69) is 58.3 Å². The number of hydrogen-bond acceptors (Lipinski definition) is 5. The van der Waals surface area contributed by atoms with Crippen LogP contribution in [0.15, 0.2) is 24.3 Å². The zero-order valence-corrected chi connectivity index (χ0v) is 18.9. The highest BCUT2D eigenvalue weighted by Gasteiger charge is 2.64. The molecule has 1 saturated heterocycles. The summed E-state index contributed by atoms with van der Waals surface area (Å²) < 4.78 is 13.2. The van der Waals surface area contributed by atoms with Crippen LogP contribution < -0.4 is 9.16 Å². The van der Waals surface area contributed by atoms with E-state index in [1.165, 1.54) is 11.1 Å². The van der Waals surface area contributed by atoms with Crippen molar-refractivity contribution >= 4 is 8.32 Å². The normalized spacial score (nSPS) is 34.3. The van der Waals surface area contributed by atoms with E-state index >= 15 is 0 Å². The van der Waals surface area contributed by atoms with Crippen LogP contribution in [0.25, 0.3) is 0 Å². The molecule has 0 saturated carbocycles. The molecule has 2 aliphatic carbocycles. The minimum atomic E-state index is -2.03. The highest BCUT2D eigenvalue weighted by Crippen LogP contribution is 2.62.